The number of pyridine rings is 1. The van der Waals surface area contributed by atoms with Crippen LogP contribution in [0, 0.1) is 0 Å². The first-order valence-electron chi connectivity index (χ1n) is 10.7. The lowest BCUT2D eigenvalue weighted by molar-refractivity contribution is 0.167. The van der Waals surface area contributed by atoms with E-state index < -0.39 is 0 Å². The highest BCUT2D eigenvalue weighted by atomic mass is 16.5. The van der Waals surface area contributed by atoms with Gasteiger partial charge in [-0.3, -0.25) is 14.7 Å². The number of likely N-dealkylation sites (tertiary alicyclic amines) is 1. The van der Waals surface area contributed by atoms with Crippen LogP contribution in [0.3, 0.4) is 0 Å². The molecule has 156 valence electrons. The smallest absolute Gasteiger partial charge is 0.193 e. The first-order chi connectivity index (χ1) is 15.3. The second kappa shape index (κ2) is 8.74. The predicted octanol–water partition coefficient (Wildman–Crippen LogP) is 4.90. The zero-order valence-electron chi connectivity index (χ0n) is 17.2. The molecule has 4 aromatic rings. The van der Waals surface area contributed by atoms with Crippen molar-refractivity contribution in [1.29, 1.82) is 0 Å². The summed E-state index contributed by atoms with van der Waals surface area (Å²) in [6.07, 6.45) is 6.02. The van der Waals surface area contributed by atoms with Gasteiger partial charge in [0.15, 0.2) is 5.43 Å². The first kappa shape index (κ1) is 19.5. The first-order valence-corrected chi connectivity index (χ1v) is 10.7. The fourth-order valence-electron chi connectivity index (χ4n) is 4.17. The van der Waals surface area contributed by atoms with Gasteiger partial charge in [0.2, 0.25) is 0 Å². The standard InChI is InChI=1S/C26H24N2O3/c29-24-16-26(31-25-6-2-1-5-23(24)25)20-7-9-22(10-8-20)30-18-21-4-3-15-28(21)17-19-11-13-27-14-12-19/h1-2,5-14,16,21H,3-4,15,17-18H2. The van der Waals surface area contributed by atoms with E-state index in [0.717, 1.165) is 30.8 Å². The van der Waals surface area contributed by atoms with Crippen LogP contribution in [0.4, 0.5) is 0 Å². The monoisotopic (exact) mass is 412 g/mol. The highest BCUT2D eigenvalue weighted by molar-refractivity contribution is 5.78. The maximum absolute atomic E-state index is 12.4. The van der Waals surface area contributed by atoms with Crippen molar-refractivity contribution in [3.63, 3.8) is 0 Å². The Balaban J connectivity index is 1.25. The third-order valence-corrected chi connectivity index (χ3v) is 5.85. The third-order valence-electron chi connectivity index (χ3n) is 5.85. The number of hydrogen-bond acceptors (Lipinski definition) is 5. The van der Waals surface area contributed by atoms with Crippen LogP contribution < -0.4 is 10.2 Å². The molecule has 0 radical (unpaired) electrons. The van der Waals surface area contributed by atoms with Gasteiger partial charge in [0.1, 0.15) is 23.7 Å². The number of hydrogen-bond donors (Lipinski definition) is 0. The lowest BCUT2D eigenvalue weighted by atomic mass is 10.1. The molecule has 2 aromatic heterocycles. The summed E-state index contributed by atoms with van der Waals surface area (Å²) in [5.74, 6) is 1.39. The molecule has 5 heteroatoms. The Morgan fingerprint density at radius 3 is 2.68 bits per heavy atom. The van der Waals surface area contributed by atoms with Crippen LogP contribution in [0.2, 0.25) is 0 Å². The fraction of sp³-hybridized carbons (Fsp3) is 0.231. The molecule has 1 saturated heterocycles. The lowest BCUT2D eigenvalue weighted by Crippen LogP contribution is -2.33. The molecule has 0 saturated carbocycles. The Morgan fingerprint density at radius 2 is 1.84 bits per heavy atom. The van der Waals surface area contributed by atoms with Crippen LogP contribution in [-0.2, 0) is 6.54 Å². The molecule has 0 aliphatic carbocycles. The molecule has 5 rings (SSSR count). The van der Waals surface area contributed by atoms with Gasteiger partial charge in [-0.2, -0.15) is 0 Å². The third kappa shape index (κ3) is 4.37. The van der Waals surface area contributed by atoms with Crippen molar-refractivity contribution in [2.75, 3.05) is 13.2 Å². The molecule has 3 heterocycles. The van der Waals surface area contributed by atoms with E-state index in [-0.39, 0.29) is 5.43 Å². The molecule has 31 heavy (non-hydrogen) atoms. The SMILES string of the molecule is O=c1cc(-c2ccc(OCC3CCCN3Cc3ccncc3)cc2)oc2ccccc12. The van der Waals surface area contributed by atoms with Crippen molar-refractivity contribution in [2.24, 2.45) is 0 Å². The summed E-state index contributed by atoms with van der Waals surface area (Å²) >= 11 is 0. The van der Waals surface area contributed by atoms with E-state index in [2.05, 4.69) is 22.0 Å². The van der Waals surface area contributed by atoms with Crippen molar-refractivity contribution in [3.8, 4) is 17.1 Å². The van der Waals surface area contributed by atoms with Crippen molar-refractivity contribution in [3.05, 3.63) is 94.9 Å². The molecule has 1 aliphatic heterocycles. The average molecular weight is 412 g/mol. The molecule has 0 spiro atoms. The molecule has 0 N–H and O–H groups in total. The summed E-state index contributed by atoms with van der Waals surface area (Å²) < 4.78 is 12.0. The molecule has 0 amide bonds. The van der Waals surface area contributed by atoms with Crippen LogP contribution >= 0.6 is 0 Å². The number of aromatic nitrogens is 1. The lowest BCUT2D eigenvalue weighted by Gasteiger charge is -2.24. The number of nitrogens with zero attached hydrogens (tertiary/aromatic N) is 2. The number of ether oxygens (including phenoxy) is 1. The number of fused-ring (bicyclic) bond motifs is 1. The molecule has 0 bridgehead atoms. The number of para-hydroxylation sites is 1. The van der Waals surface area contributed by atoms with Crippen molar-refractivity contribution in [2.45, 2.75) is 25.4 Å². The summed E-state index contributed by atoms with van der Waals surface area (Å²) in [6, 6.07) is 21.2. The second-order valence-electron chi connectivity index (χ2n) is 7.93. The Kier molecular flexibility index (Phi) is 5.50. The molecule has 5 nitrogen and oxygen atoms in total. The van der Waals surface area contributed by atoms with Crippen molar-refractivity contribution < 1.29 is 9.15 Å². The summed E-state index contributed by atoms with van der Waals surface area (Å²) in [6.45, 7) is 2.68. The van der Waals surface area contributed by atoms with Gasteiger partial charge in [0.05, 0.1) is 5.39 Å². The topological polar surface area (TPSA) is 55.6 Å². The van der Waals surface area contributed by atoms with E-state index in [4.69, 9.17) is 9.15 Å². The molecule has 2 aromatic carbocycles. The van der Waals surface area contributed by atoms with E-state index in [0.29, 0.717) is 29.4 Å². The molecule has 1 fully saturated rings. The highest BCUT2D eigenvalue weighted by Crippen LogP contribution is 2.25. The quantitative estimate of drug-likeness (QED) is 0.451. The fourth-order valence-corrected chi connectivity index (χ4v) is 4.17. The summed E-state index contributed by atoms with van der Waals surface area (Å²) in [5, 5.41) is 0.596. The average Bonchev–Trinajstić information content (AvgIpc) is 3.25. The zero-order valence-corrected chi connectivity index (χ0v) is 17.2. The minimum Gasteiger partial charge on any atom is -0.492 e. The molecule has 1 atom stereocenters. The van der Waals surface area contributed by atoms with Gasteiger partial charge in [-0.1, -0.05) is 12.1 Å². The van der Waals surface area contributed by atoms with Crippen molar-refractivity contribution in [1.82, 2.24) is 9.88 Å². The molecular weight excluding hydrogens is 388 g/mol. The summed E-state index contributed by atoms with van der Waals surface area (Å²) in [5.41, 5.74) is 2.70. The van der Waals surface area contributed by atoms with Gasteiger partial charge in [-0.25, -0.2) is 0 Å². The van der Waals surface area contributed by atoms with Gasteiger partial charge in [-0.05, 0) is 73.5 Å². The van der Waals surface area contributed by atoms with E-state index >= 15 is 0 Å². The largest absolute Gasteiger partial charge is 0.492 e. The molecular formula is C26H24N2O3. The zero-order chi connectivity index (χ0) is 21.0. The van der Waals surface area contributed by atoms with Crippen LogP contribution in [0.25, 0.3) is 22.3 Å². The van der Waals surface area contributed by atoms with E-state index in [9.17, 15) is 4.79 Å². The maximum Gasteiger partial charge on any atom is 0.193 e. The number of benzene rings is 2. The number of rotatable bonds is 6. The van der Waals surface area contributed by atoms with Gasteiger partial charge in [-0.15, -0.1) is 0 Å². The van der Waals surface area contributed by atoms with Crippen LogP contribution in [-0.4, -0.2) is 29.1 Å². The minimum atomic E-state index is -0.0345. The predicted molar refractivity (Wildman–Crippen MR) is 121 cm³/mol. The van der Waals surface area contributed by atoms with E-state index in [1.54, 1.807) is 12.1 Å². The van der Waals surface area contributed by atoms with Gasteiger partial charge in [0.25, 0.3) is 0 Å². The van der Waals surface area contributed by atoms with Gasteiger partial charge in [0, 0.05) is 36.6 Å². The Hall–Kier alpha value is -3.44. The Morgan fingerprint density at radius 1 is 1.03 bits per heavy atom. The van der Waals surface area contributed by atoms with Crippen LogP contribution in [0.15, 0.2) is 88.3 Å². The second-order valence-corrected chi connectivity index (χ2v) is 7.93. The van der Waals surface area contributed by atoms with Crippen LogP contribution in [0.5, 0.6) is 5.75 Å². The molecule has 1 aliphatic rings. The van der Waals surface area contributed by atoms with Crippen molar-refractivity contribution >= 4 is 11.0 Å². The van der Waals surface area contributed by atoms with Gasteiger partial charge >= 0.3 is 0 Å². The minimum absolute atomic E-state index is 0.0345. The maximum atomic E-state index is 12.4. The van der Waals surface area contributed by atoms with E-state index in [1.165, 1.54) is 12.0 Å². The Bertz CT molecular complexity index is 1220. The van der Waals surface area contributed by atoms with E-state index in [1.807, 2.05) is 54.9 Å². The van der Waals surface area contributed by atoms with Gasteiger partial charge < -0.3 is 9.15 Å². The Labute approximate surface area is 180 Å². The van der Waals surface area contributed by atoms with Crippen LogP contribution in [0.1, 0.15) is 18.4 Å². The summed E-state index contributed by atoms with van der Waals surface area (Å²) in [4.78, 5) is 18.9. The highest BCUT2D eigenvalue weighted by Gasteiger charge is 2.25. The molecule has 1 unspecified atom stereocenters. The normalized spacial score (nSPS) is 16.6. The summed E-state index contributed by atoms with van der Waals surface area (Å²) in [7, 11) is 0.